The van der Waals surface area contributed by atoms with Gasteiger partial charge in [0.25, 0.3) is 5.91 Å². The Labute approximate surface area is 247 Å². The van der Waals surface area contributed by atoms with E-state index in [4.69, 9.17) is 33.0 Å². The first kappa shape index (κ1) is 26.6. The summed E-state index contributed by atoms with van der Waals surface area (Å²) < 4.78 is 7.78. The molecule has 8 heteroatoms. The minimum absolute atomic E-state index is 0.184. The monoisotopic (exact) mass is 578 g/mol. The molecule has 0 spiro atoms. The molecule has 0 N–H and O–H groups in total. The first-order valence-corrected chi connectivity index (χ1v) is 13.7. The fraction of sp³-hybridized carbons (Fsp3) is 0.0606. The number of nitrogens with zero attached hydrogens (tertiary/aromatic N) is 4. The quantitative estimate of drug-likeness (QED) is 0.183. The summed E-state index contributed by atoms with van der Waals surface area (Å²) in [6.45, 7) is 2.15. The van der Waals surface area contributed by atoms with Gasteiger partial charge in [-0.05, 0) is 73.7 Å². The Morgan fingerprint density at radius 2 is 1.54 bits per heavy atom. The number of hydrogen-bond acceptors (Lipinski definition) is 4. The van der Waals surface area contributed by atoms with Crippen molar-refractivity contribution in [2.45, 2.75) is 13.5 Å². The second kappa shape index (κ2) is 11.5. The molecule has 6 rings (SSSR count). The van der Waals surface area contributed by atoms with Gasteiger partial charge in [0, 0.05) is 32.9 Å². The maximum atomic E-state index is 13.4. The number of amides is 1. The number of benzene rings is 4. The van der Waals surface area contributed by atoms with Gasteiger partial charge in [0.05, 0.1) is 28.4 Å². The van der Waals surface area contributed by atoms with E-state index in [-0.39, 0.29) is 5.91 Å². The summed E-state index contributed by atoms with van der Waals surface area (Å²) >= 11 is 12.3. The Morgan fingerprint density at radius 1 is 0.854 bits per heavy atom. The predicted molar refractivity (Wildman–Crippen MR) is 165 cm³/mol. The van der Waals surface area contributed by atoms with Crippen LogP contribution in [0.5, 0.6) is 5.75 Å². The fourth-order valence-electron chi connectivity index (χ4n) is 4.52. The average Bonchev–Trinajstić information content (AvgIpc) is 3.55. The summed E-state index contributed by atoms with van der Waals surface area (Å²) in [5.41, 5.74) is 6.03. The van der Waals surface area contributed by atoms with Gasteiger partial charge in [-0.25, -0.2) is 4.68 Å². The van der Waals surface area contributed by atoms with E-state index in [2.05, 4.69) is 5.10 Å². The fourth-order valence-corrected chi connectivity index (χ4v) is 4.99. The largest absolute Gasteiger partial charge is 0.489 e. The van der Waals surface area contributed by atoms with Crippen molar-refractivity contribution in [1.82, 2.24) is 9.78 Å². The van der Waals surface area contributed by atoms with Crippen LogP contribution in [0.3, 0.4) is 0 Å². The topological polar surface area (TPSA) is 59.7 Å². The lowest BCUT2D eigenvalue weighted by Gasteiger charge is -2.11. The van der Waals surface area contributed by atoms with Crippen LogP contribution in [0.25, 0.3) is 23.0 Å². The maximum Gasteiger partial charge on any atom is 0.280 e. The van der Waals surface area contributed by atoms with Crippen LogP contribution < -0.4 is 9.75 Å². The second-order valence-electron chi connectivity index (χ2n) is 9.46. The molecule has 0 aliphatic carbocycles. The number of carbonyl (C=O) groups excluding carboxylic acids is 1. The number of aromatic nitrogens is 2. The highest BCUT2D eigenvalue weighted by Gasteiger charge is 2.29. The zero-order valence-corrected chi connectivity index (χ0v) is 23.5. The first-order valence-electron chi connectivity index (χ1n) is 13.0. The van der Waals surface area contributed by atoms with Gasteiger partial charge in [0.2, 0.25) is 0 Å². The third-order valence-corrected chi connectivity index (χ3v) is 7.25. The van der Waals surface area contributed by atoms with Crippen LogP contribution in [0.15, 0.2) is 120 Å². The molecule has 4 aromatic carbocycles. The van der Waals surface area contributed by atoms with E-state index in [1.165, 1.54) is 5.01 Å². The molecule has 2 heterocycles. The van der Waals surface area contributed by atoms with Crippen LogP contribution in [0.1, 0.15) is 18.1 Å². The summed E-state index contributed by atoms with van der Waals surface area (Å²) in [6.07, 6.45) is 3.79. The van der Waals surface area contributed by atoms with Crippen LogP contribution in [-0.4, -0.2) is 21.4 Å². The molecule has 41 heavy (non-hydrogen) atoms. The molecular formula is C33H24Cl2N4O2. The van der Waals surface area contributed by atoms with Gasteiger partial charge in [-0.3, -0.25) is 4.79 Å². The van der Waals surface area contributed by atoms with Crippen LogP contribution >= 0.6 is 23.2 Å². The van der Waals surface area contributed by atoms with Gasteiger partial charge in [-0.1, -0.05) is 65.7 Å². The van der Waals surface area contributed by atoms with E-state index in [1.54, 1.807) is 12.1 Å². The third kappa shape index (κ3) is 5.66. The lowest BCUT2D eigenvalue weighted by molar-refractivity contribution is -0.114. The van der Waals surface area contributed by atoms with Crippen molar-refractivity contribution in [2.24, 2.45) is 5.10 Å². The van der Waals surface area contributed by atoms with Crippen molar-refractivity contribution in [3.8, 4) is 22.7 Å². The molecule has 1 aromatic heterocycles. The van der Waals surface area contributed by atoms with E-state index >= 15 is 0 Å². The van der Waals surface area contributed by atoms with Crippen molar-refractivity contribution < 1.29 is 9.53 Å². The molecule has 0 atom stereocenters. The van der Waals surface area contributed by atoms with E-state index < -0.39 is 0 Å². The average molecular weight is 579 g/mol. The maximum absolute atomic E-state index is 13.4. The molecule has 0 bridgehead atoms. The van der Waals surface area contributed by atoms with Gasteiger partial charge in [-0.2, -0.15) is 15.2 Å². The smallest absolute Gasteiger partial charge is 0.280 e. The van der Waals surface area contributed by atoms with Crippen molar-refractivity contribution in [2.75, 3.05) is 5.01 Å². The number of rotatable bonds is 7. The first-order chi connectivity index (χ1) is 20.0. The number of hydrogen-bond donors (Lipinski definition) is 0. The molecular weight excluding hydrogens is 555 g/mol. The molecule has 0 saturated heterocycles. The van der Waals surface area contributed by atoms with Crippen molar-refractivity contribution in [1.29, 1.82) is 0 Å². The lowest BCUT2D eigenvalue weighted by atomic mass is 10.0. The highest BCUT2D eigenvalue weighted by atomic mass is 35.5. The highest BCUT2D eigenvalue weighted by Crippen LogP contribution is 2.31. The molecule has 0 saturated carbocycles. The van der Waals surface area contributed by atoms with E-state index in [0.717, 1.165) is 33.8 Å². The van der Waals surface area contributed by atoms with Crippen LogP contribution in [-0.2, 0) is 11.4 Å². The third-order valence-electron chi connectivity index (χ3n) is 6.66. The van der Waals surface area contributed by atoms with Gasteiger partial charge in [0.15, 0.2) is 0 Å². The van der Waals surface area contributed by atoms with Crippen LogP contribution in [0.4, 0.5) is 5.69 Å². The molecule has 0 radical (unpaired) electrons. The highest BCUT2D eigenvalue weighted by molar-refractivity contribution is 6.35. The normalized spacial score (nSPS) is 14.0. The van der Waals surface area contributed by atoms with Gasteiger partial charge in [-0.15, -0.1) is 0 Å². The minimum atomic E-state index is -0.184. The van der Waals surface area contributed by atoms with Crippen LogP contribution in [0, 0.1) is 0 Å². The van der Waals surface area contributed by atoms with E-state index in [0.29, 0.717) is 33.7 Å². The number of hydrazone groups is 1. The van der Waals surface area contributed by atoms with Gasteiger partial charge >= 0.3 is 0 Å². The molecule has 1 aliphatic heterocycles. The summed E-state index contributed by atoms with van der Waals surface area (Å²) in [6, 6.07) is 32.3. The lowest BCUT2D eigenvalue weighted by Crippen LogP contribution is -2.21. The number of anilines is 1. The molecule has 0 unspecified atom stereocenters. The zero-order chi connectivity index (χ0) is 28.3. The summed E-state index contributed by atoms with van der Waals surface area (Å²) in [5, 5.41) is 12.0. The molecule has 202 valence electrons. The standard InChI is InChI=1S/C33H24Cl2N4O2/c1-22-30(33(40)39(36-22)28-10-6-3-7-11-28)18-25-20-38(27-8-4-2-5-9-27)37-32(25)23-13-16-29(17-14-23)41-21-24-12-15-26(34)19-31(24)35/h2-20H,21H2,1H3. The predicted octanol–water partition coefficient (Wildman–Crippen LogP) is 8.23. The van der Waals surface area contributed by atoms with E-state index in [9.17, 15) is 4.79 Å². The Hall–Kier alpha value is -4.65. The molecule has 6 nitrogen and oxygen atoms in total. The van der Waals surface area contributed by atoms with Crippen LogP contribution in [0.2, 0.25) is 10.0 Å². The number of para-hydroxylation sites is 2. The van der Waals surface area contributed by atoms with Crippen molar-refractivity contribution in [3.05, 3.63) is 136 Å². The number of ether oxygens (including phenoxy) is 1. The SMILES string of the molecule is CC1=NN(c2ccccc2)C(=O)C1=Cc1cn(-c2ccccc2)nc1-c1ccc(OCc2ccc(Cl)cc2Cl)cc1. The van der Waals surface area contributed by atoms with Gasteiger partial charge in [0.1, 0.15) is 12.4 Å². The van der Waals surface area contributed by atoms with Crippen molar-refractivity contribution in [3.63, 3.8) is 0 Å². The minimum Gasteiger partial charge on any atom is -0.489 e. The zero-order valence-electron chi connectivity index (χ0n) is 22.0. The second-order valence-corrected chi connectivity index (χ2v) is 10.3. The Balaban J connectivity index is 1.32. The Bertz CT molecular complexity index is 1780. The molecule has 1 amide bonds. The number of halogens is 2. The Morgan fingerprint density at radius 3 is 2.22 bits per heavy atom. The number of carbonyl (C=O) groups is 1. The Kier molecular flexibility index (Phi) is 7.42. The summed E-state index contributed by atoms with van der Waals surface area (Å²) in [7, 11) is 0. The molecule has 0 fully saturated rings. The van der Waals surface area contributed by atoms with Gasteiger partial charge < -0.3 is 4.74 Å². The molecule has 1 aliphatic rings. The summed E-state index contributed by atoms with van der Waals surface area (Å²) in [4.78, 5) is 13.4. The summed E-state index contributed by atoms with van der Waals surface area (Å²) in [5.74, 6) is 0.506. The molecule has 5 aromatic rings. The van der Waals surface area contributed by atoms with Crippen molar-refractivity contribution >= 4 is 46.6 Å². The van der Waals surface area contributed by atoms with E-state index in [1.807, 2.05) is 115 Å².